The first kappa shape index (κ1) is 16.9. The molecule has 3 rings (SSSR count). The second kappa shape index (κ2) is 6.51. The van der Waals surface area contributed by atoms with Crippen molar-refractivity contribution in [1.29, 1.82) is 0 Å². The molecule has 0 bridgehead atoms. The SMILES string of the molecule is CC(C(=O)O)N1CCN(S(=O)(=O)c2ccc3ccccc3c2)CC1. The molecule has 0 amide bonds. The molecule has 0 aromatic heterocycles. The number of carboxylic acid groups (broad SMARTS) is 1. The summed E-state index contributed by atoms with van der Waals surface area (Å²) in [7, 11) is -3.56. The predicted molar refractivity (Wildman–Crippen MR) is 91.4 cm³/mol. The highest BCUT2D eigenvalue weighted by atomic mass is 32.2. The smallest absolute Gasteiger partial charge is 0.320 e. The van der Waals surface area contributed by atoms with Crippen molar-refractivity contribution >= 4 is 26.8 Å². The number of carbonyl (C=O) groups is 1. The largest absolute Gasteiger partial charge is 0.480 e. The van der Waals surface area contributed by atoms with Gasteiger partial charge in [-0.2, -0.15) is 4.31 Å². The zero-order valence-electron chi connectivity index (χ0n) is 13.4. The Labute approximate surface area is 141 Å². The maximum atomic E-state index is 12.8. The Hall–Kier alpha value is -1.96. The molecular weight excluding hydrogens is 328 g/mol. The van der Waals surface area contributed by atoms with Gasteiger partial charge in [-0.25, -0.2) is 8.42 Å². The lowest BCUT2D eigenvalue weighted by molar-refractivity contribution is -0.143. The minimum absolute atomic E-state index is 0.279. The fourth-order valence-corrected chi connectivity index (χ4v) is 4.42. The average Bonchev–Trinajstić information content (AvgIpc) is 2.60. The maximum Gasteiger partial charge on any atom is 0.320 e. The van der Waals surface area contributed by atoms with Crippen LogP contribution in [0.15, 0.2) is 47.4 Å². The topological polar surface area (TPSA) is 77.9 Å². The molecule has 2 aromatic rings. The van der Waals surface area contributed by atoms with Crippen molar-refractivity contribution in [2.45, 2.75) is 17.9 Å². The molecule has 1 fully saturated rings. The van der Waals surface area contributed by atoms with Crippen molar-refractivity contribution in [2.75, 3.05) is 26.2 Å². The van der Waals surface area contributed by atoms with Crippen LogP contribution >= 0.6 is 0 Å². The number of fused-ring (bicyclic) bond motifs is 1. The molecule has 0 spiro atoms. The van der Waals surface area contributed by atoms with E-state index in [1.165, 1.54) is 4.31 Å². The number of sulfonamides is 1. The highest BCUT2D eigenvalue weighted by Gasteiger charge is 2.31. The van der Waals surface area contributed by atoms with E-state index < -0.39 is 22.0 Å². The summed E-state index contributed by atoms with van der Waals surface area (Å²) >= 11 is 0. The normalized spacial score (nSPS) is 18.5. The van der Waals surface area contributed by atoms with Crippen LogP contribution in [0.25, 0.3) is 10.8 Å². The summed E-state index contributed by atoms with van der Waals surface area (Å²) in [6.45, 7) is 3.05. The fraction of sp³-hybridized carbons (Fsp3) is 0.353. The Balaban J connectivity index is 1.79. The van der Waals surface area contributed by atoms with Crippen LogP contribution in [0.2, 0.25) is 0 Å². The van der Waals surface area contributed by atoms with Crippen LogP contribution in [0, 0.1) is 0 Å². The van der Waals surface area contributed by atoms with Gasteiger partial charge in [0, 0.05) is 26.2 Å². The van der Waals surface area contributed by atoms with E-state index in [0.29, 0.717) is 26.2 Å². The van der Waals surface area contributed by atoms with Crippen LogP contribution < -0.4 is 0 Å². The van der Waals surface area contributed by atoms with E-state index in [4.69, 9.17) is 5.11 Å². The maximum absolute atomic E-state index is 12.8. The summed E-state index contributed by atoms with van der Waals surface area (Å²) in [6.07, 6.45) is 0. The molecule has 7 heteroatoms. The van der Waals surface area contributed by atoms with E-state index in [-0.39, 0.29) is 4.90 Å². The summed E-state index contributed by atoms with van der Waals surface area (Å²) in [6, 6.07) is 12.2. The van der Waals surface area contributed by atoms with Gasteiger partial charge in [0.05, 0.1) is 4.90 Å². The van der Waals surface area contributed by atoms with Gasteiger partial charge in [-0.05, 0) is 29.8 Å². The Morgan fingerprint density at radius 1 is 1.04 bits per heavy atom. The van der Waals surface area contributed by atoms with Crippen molar-refractivity contribution in [3.05, 3.63) is 42.5 Å². The summed E-state index contributed by atoms with van der Waals surface area (Å²) in [5, 5.41) is 10.9. The lowest BCUT2D eigenvalue weighted by atomic mass is 10.1. The number of piperazine rings is 1. The molecule has 1 unspecified atom stereocenters. The summed E-state index contributed by atoms with van der Waals surface area (Å²) in [4.78, 5) is 13.1. The number of nitrogens with zero attached hydrogens (tertiary/aromatic N) is 2. The monoisotopic (exact) mass is 348 g/mol. The van der Waals surface area contributed by atoms with Gasteiger partial charge in [0.25, 0.3) is 0 Å². The number of benzene rings is 2. The Bertz CT molecular complexity index is 858. The molecule has 0 saturated carbocycles. The Morgan fingerprint density at radius 3 is 2.29 bits per heavy atom. The molecule has 128 valence electrons. The first-order valence-electron chi connectivity index (χ1n) is 7.85. The third-order valence-electron chi connectivity index (χ3n) is 4.54. The van der Waals surface area contributed by atoms with Gasteiger partial charge in [-0.3, -0.25) is 9.69 Å². The van der Waals surface area contributed by atoms with Crippen LogP contribution in [0.3, 0.4) is 0 Å². The first-order valence-corrected chi connectivity index (χ1v) is 9.29. The van der Waals surface area contributed by atoms with Crippen LogP contribution in [-0.4, -0.2) is 60.9 Å². The number of aliphatic carboxylic acids is 1. The van der Waals surface area contributed by atoms with Gasteiger partial charge in [0.15, 0.2) is 0 Å². The van der Waals surface area contributed by atoms with E-state index >= 15 is 0 Å². The van der Waals surface area contributed by atoms with E-state index in [2.05, 4.69) is 0 Å². The van der Waals surface area contributed by atoms with Gasteiger partial charge in [0.2, 0.25) is 10.0 Å². The van der Waals surface area contributed by atoms with Crippen molar-refractivity contribution in [1.82, 2.24) is 9.21 Å². The van der Waals surface area contributed by atoms with E-state index in [1.54, 1.807) is 24.0 Å². The molecule has 1 aliphatic heterocycles. The molecule has 1 N–H and O–H groups in total. The van der Waals surface area contributed by atoms with Crippen molar-refractivity contribution in [3.8, 4) is 0 Å². The quantitative estimate of drug-likeness (QED) is 0.908. The van der Waals surface area contributed by atoms with E-state index in [9.17, 15) is 13.2 Å². The summed E-state index contributed by atoms with van der Waals surface area (Å²) < 4.78 is 27.1. The fourth-order valence-electron chi connectivity index (χ4n) is 2.96. The Kier molecular flexibility index (Phi) is 4.58. The van der Waals surface area contributed by atoms with Crippen LogP contribution in [0.4, 0.5) is 0 Å². The van der Waals surface area contributed by atoms with Gasteiger partial charge < -0.3 is 5.11 Å². The molecule has 2 aromatic carbocycles. The summed E-state index contributed by atoms with van der Waals surface area (Å²) in [5.74, 6) is -0.888. The van der Waals surface area contributed by atoms with Crippen molar-refractivity contribution in [3.63, 3.8) is 0 Å². The van der Waals surface area contributed by atoms with Crippen molar-refractivity contribution < 1.29 is 18.3 Å². The lowest BCUT2D eigenvalue weighted by Crippen LogP contribution is -2.53. The third-order valence-corrected chi connectivity index (χ3v) is 6.43. The zero-order valence-corrected chi connectivity index (χ0v) is 14.2. The van der Waals surface area contributed by atoms with Gasteiger partial charge in [-0.1, -0.05) is 30.3 Å². The van der Waals surface area contributed by atoms with Crippen LogP contribution in [-0.2, 0) is 14.8 Å². The standard InChI is InChI=1S/C17H20N2O4S/c1-13(17(20)21)18-8-10-19(11-9-18)24(22,23)16-7-6-14-4-2-3-5-15(14)12-16/h2-7,12-13H,8-11H2,1H3,(H,20,21). The second-order valence-electron chi connectivity index (χ2n) is 5.96. The van der Waals surface area contributed by atoms with Crippen molar-refractivity contribution in [2.24, 2.45) is 0 Å². The second-order valence-corrected chi connectivity index (χ2v) is 7.90. The van der Waals surface area contributed by atoms with Crippen LogP contribution in [0.1, 0.15) is 6.92 Å². The third kappa shape index (κ3) is 3.15. The molecule has 24 heavy (non-hydrogen) atoms. The van der Waals surface area contributed by atoms with E-state index in [1.807, 2.05) is 30.3 Å². The minimum atomic E-state index is -3.56. The van der Waals surface area contributed by atoms with Crippen LogP contribution in [0.5, 0.6) is 0 Å². The highest BCUT2D eigenvalue weighted by molar-refractivity contribution is 7.89. The molecule has 1 heterocycles. The molecule has 1 aliphatic rings. The Morgan fingerprint density at radius 2 is 1.67 bits per heavy atom. The van der Waals surface area contributed by atoms with E-state index in [0.717, 1.165) is 10.8 Å². The predicted octanol–water partition coefficient (Wildman–Crippen LogP) is 1.62. The molecular formula is C17H20N2O4S. The van der Waals surface area contributed by atoms with Gasteiger partial charge >= 0.3 is 5.97 Å². The molecule has 6 nitrogen and oxygen atoms in total. The highest BCUT2D eigenvalue weighted by Crippen LogP contribution is 2.23. The average molecular weight is 348 g/mol. The molecule has 0 aliphatic carbocycles. The molecule has 1 saturated heterocycles. The number of rotatable bonds is 4. The molecule has 0 radical (unpaired) electrons. The number of hydrogen-bond acceptors (Lipinski definition) is 4. The van der Waals surface area contributed by atoms with Gasteiger partial charge in [0.1, 0.15) is 6.04 Å². The van der Waals surface area contributed by atoms with Gasteiger partial charge in [-0.15, -0.1) is 0 Å². The lowest BCUT2D eigenvalue weighted by Gasteiger charge is -2.35. The number of carboxylic acids is 1. The molecule has 1 atom stereocenters. The zero-order chi connectivity index (χ0) is 17.3. The number of hydrogen-bond donors (Lipinski definition) is 1. The minimum Gasteiger partial charge on any atom is -0.480 e. The summed E-state index contributed by atoms with van der Waals surface area (Å²) in [5.41, 5.74) is 0. The first-order chi connectivity index (χ1) is 11.4.